The SMILES string of the molecule is Clc1ccc([Si](Cl)(Cl)c2cccc3ccccc23)cc1. The Balaban J connectivity index is 2.20. The van der Waals surface area contributed by atoms with Crippen molar-refractivity contribution in [2.75, 3.05) is 0 Å². The van der Waals surface area contributed by atoms with E-state index in [0.717, 1.165) is 21.1 Å². The molecule has 3 aromatic carbocycles. The zero-order valence-corrected chi connectivity index (χ0v) is 13.8. The van der Waals surface area contributed by atoms with Gasteiger partial charge in [-0.05, 0) is 33.3 Å². The minimum absolute atomic E-state index is 0.685. The fourth-order valence-corrected chi connectivity index (χ4v) is 5.95. The Morgan fingerprint density at radius 2 is 1.35 bits per heavy atom. The number of halogens is 3. The quantitative estimate of drug-likeness (QED) is 0.476. The molecule has 0 bridgehead atoms. The van der Waals surface area contributed by atoms with Crippen LogP contribution >= 0.6 is 33.8 Å². The summed E-state index contributed by atoms with van der Waals surface area (Å²) >= 11 is 19.5. The van der Waals surface area contributed by atoms with Gasteiger partial charge in [0.25, 0.3) is 0 Å². The second kappa shape index (κ2) is 5.42. The topological polar surface area (TPSA) is 0 Å². The van der Waals surface area contributed by atoms with E-state index in [1.807, 2.05) is 48.5 Å². The van der Waals surface area contributed by atoms with Gasteiger partial charge in [0.15, 0.2) is 0 Å². The molecule has 0 saturated heterocycles. The van der Waals surface area contributed by atoms with Crippen LogP contribution in [0, 0.1) is 0 Å². The van der Waals surface area contributed by atoms with Crippen molar-refractivity contribution in [2.45, 2.75) is 0 Å². The molecule has 4 heteroatoms. The first-order chi connectivity index (χ1) is 9.59. The summed E-state index contributed by atoms with van der Waals surface area (Å²) in [6.45, 7) is -2.76. The van der Waals surface area contributed by atoms with Crippen molar-refractivity contribution >= 4 is 61.6 Å². The van der Waals surface area contributed by atoms with Crippen LogP contribution in [-0.4, -0.2) is 6.69 Å². The molecule has 0 heterocycles. The van der Waals surface area contributed by atoms with Gasteiger partial charge in [-0.15, -0.1) is 22.2 Å². The molecule has 0 radical (unpaired) electrons. The number of fused-ring (bicyclic) bond motifs is 1. The van der Waals surface area contributed by atoms with Gasteiger partial charge in [0.2, 0.25) is 0 Å². The maximum atomic E-state index is 6.78. The van der Waals surface area contributed by atoms with Crippen molar-refractivity contribution in [3.63, 3.8) is 0 Å². The van der Waals surface area contributed by atoms with Crippen LogP contribution in [0.15, 0.2) is 66.7 Å². The molecule has 0 aliphatic heterocycles. The van der Waals surface area contributed by atoms with Crippen LogP contribution in [-0.2, 0) is 0 Å². The Labute approximate surface area is 133 Å². The van der Waals surface area contributed by atoms with Gasteiger partial charge in [0.05, 0.1) is 0 Å². The first kappa shape index (κ1) is 14.0. The number of rotatable bonds is 2. The zero-order valence-electron chi connectivity index (χ0n) is 10.5. The Morgan fingerprint density at radius 1 is 0.700 bits per heavy atom. The first-order valence-corrected chi connectivity index (χ1v) is 10.6. The average Bonchev–Trinajstić information content (AvgIpc) is 2.47. The first-order valence-electron chi connectivity index (χ1n) is 6.21. The van der Waals surface area contributed by atoms with E-state index in [2.05, 4.69) is 18.2 Å². The van der Waals surface area contributed by atoms with Crippen LogP contribution < -0.4 is 10.4 Å². The van der Waals surface area contributed by atoms with E-state index in [-0.39, 0.29) is 0 Å². The summed E-state index contributed by atoms with van der Waals surface area (Å²) in [7, 11) is 0. The summed E-state index contributed by atoms with van der Waals surface area (Å²) in [5.74, 6) is 0. The van der Waals surface area contributed by atoms with Crippen LogP contribution in [0.3, 0.4) is 0 Å². The van der Waals surface area contributed by atoms with Crippen molar-refractivity contribution < 1.29 is 0 Å². The van der Waals surface area contributed by atoms with Gasteiger partial charge in [-0.2, -0.15) is 0 Å². The van der Waals surface area contributed by atoms with E-state index < -0.39 is 6.69 Å². The minimum Gasteiger partial charge on any atom is -0.134 e. The normalized spacial score (nSPS) is 11.8. The van der Waals surface area contributed by atoms with E-state index in [4.69, 9.17) is 33.8 Å². The lowest BCUT2D eigenvalue weighted by Crippen LogP contribution is -2.48. The predicted molar refractivity (Wildman–Crippen MR) is 92.1 cm³/mol. The van der Waals surface area contributed by atoms with Crippen LogP contribution in [0.25, 0.3) is 10.8 Å². The molecule has 100 valence electrons. The molecule has 3 aromatic rings. The van der Waals surface area contributed by atoms with Crippen LogP contribution in [0.2, 0.25) is 5.02 Å². The molecule has 20 heavy (non-hydrogen) atoms. The molecular formula is C16H11Cl3Si. The van der Waals surface area contributed by atoms with E-state index in [0.29, 0.717) is 5.02 Å². The molecule has 0 atom stereocenters. The summed E-state index contributed by atoms with van der Waals surface area (Å²) in [5.41, 5.74) is 0. The fraction of sp³-hybridized carbons (Fsp3) is 0. The highest BCUT2D eigenvalue weighted by atomic mass is 35.7. The Kier molecular flexibility index (Phi) is 3.78. The lowest BCUT2D eigenvalue weighted by molar-refractivity contribution is 1.75. The van der Waals surface area contributed by atoms with Crippen molar-refractivity contribution in [2.24, 2.45) is 0 Å². The summed E-state index contributed by atoms with van der Waals surface area (Å²) in [4.78, 5) is 0. The molecule has 0 fully saturated rings. The number of hydrogen-bond acceptors (Lipinski definition) is 0. The van der Waals surface area contributed by atoms with E-state index in [1.165, 1.54) is 0 Å². The van der Waals surface area contributed by atoms with Crippen LogP contribution in [0.5, 0.6) is 0 Å². The number of hydrogen-bond donors (Lipinski definition) is 0. The second-order valence-corrected chi connectivity index (χ2v) is 11.3. The van der Waals surface area contributed by atoms with Crippen molar-refractivity contribution in [1.29, 1.82) is 0 Å². The molecular weight excluding hydrogens is 327 g/mol. The largest absolute Gasteiger partial charge is 0.311 e. The highest BCUT2D eigenvalue weighted by molar-refractivity contribution is 7.56. The molecule has 0 nitrogen and oxygen atoms in total. The van der Waals surface area contributed by atoms with Gasteiger partial charge in [-0.1, -0.05) is 66.2 Å². The molecule has 0 aliphatic rings. The lowest BCUT2D eigenvalue weighted by atomic mass is 10.1. The monoisotopic (exact) mass is 336 g/mol. The molecule has 0 spiro atoms. The Hall–Kier alpha value is -0.993. The van der Waals surface area contributed by atoms with Crippen molar-refractivity contribution in [1.82, 2.24) is 0 Å². The maximum Gasteiger partial charge on any atom is 0.311 e. The smallest absolute Gasteiger partial charge is 0.134 e. The summed E-state index contributed by atoms with van der Waals surface area (Å²) < 4.78 is 0. The minimum atomic E-state index is -2.76. The third kappa shape index (κ3) is 2.47. The summed E-state index contributed by atoms with van der Waals surface area (Å²) in [6, 6.07) is 21.7. The summed E-state index contributed by atoms with van der Waals surface area (Å²) in [6.07, 6.45) is 0. The second-order valence-electron chi connectivity index (χ2n) is 4.61. The van der Waals surface area contributed by atoms with Gasteiger partial charge >= 0.3 is 6.69 Å². The van der Waals surface area contributed by atoms with Crippen molar-refractivity contribution in [3.8, 4) is 0 Å². The highest BCUT2D eigenvalue weighted by Crippen LogP contribution is 2.22. The van der Waals surface area contributed by atoms with Gasteiger partial charge in [0, 0.05) is 5.02 Å². The van der Waals surface area contributed by atoms with Crippen LogP contribution in [0.4, 0.5) is 0 Å². The van der Waals surface area contributed by atoms with Crippen LogP contribution in [0.1, 0.15) is 0 Å². The van der Waals surface area contributed by atoms with E-state index in [9.17, 15) is 0 Å². The van der Waals surface area contributed by atoms with Gasteiger partial charge in [0.1, 0.15) is 0 Å². The Morgan fingerprint density at radius 3 is 2.10 bits per heavy atom. The van der Waals surface area contributed by atoms with Gasteiger partial charge in [-0.3, -0.25) is 0 Å². The molecule has 3 rings (SSSR count). The fourth-order valence-electron chi connectivity index (χ4n) is 2.31. The zero-order chi connectivity index (χ0) is 14.2. The van der Waals surface area contributed by atoms with E-state index >= 15 is 0 Å². The maximum absolute atomic E-state index is 6.78. The standard InChI is InChI=1S/C16H11Cl3Si/c17-13-8-10-14(11-9-13)20(18,19)16-7-3-5-12-4-1-2-6-15(12)16/h1-11H. The highest BCUT2D eigenvalue weighted by Gasteiger charge is 2.34. The third-order valence-electron chi connectivity index (χ3n) is 3.33. The summed E-state index contributed by atoms with van der Waals surface area (Å²) in [5, 5.41) is 4.91. The lowest BCUT2D eigenvalue weighted by Gasteiger charge is -2.20. The average molecular weight is 338 g/mol. The molecule has 0 saturated carbocycles. The predicted octanol–water partition coefficient (Wildman–Crippen LogP) is 4.53. The molecule has 0 aromatic heterocycles. The van der Waals surface area contributed by atoms with Gasteiger partial charge < -0.3 is 0 Å². The Bertz CT molecular complexity index is 746. The third-order valence-corrected chi connectivity index (χ3v) is 8.29. The molecule has 0 amide bonds. The van der Waals surface area contributed by atoms with Crippen molar-refractivity contribution in [3.05, 3.63) is 71.8 Å². The van der Waals surface area contributed by atoms with E-state index in [1.54, 1.807) is 0 Å². The molecule has 0 unspecified atom stereocenters. The molecule has 0 aliphatic carbocycles. The van der Waals surface area contributed by atoms with Gasteiger partial charge in [-0.25, -0.2) is 0 Å². The molecule has 0 N–H and O–H groups in total. The number of benzene rings is 3.